The largest absolute Gasteiger partial charge is 0.442 e. The van der Waals surface area contributed by atoms with E-state index in [9.17, 15) is 22.0 Å². The van der Waals surface area contributed by atoms with E-state index in [-0.39, 0.29) is 44.1 Å². The highest BCUT2D eigenvalue weighted by molar-refractivity contribution is 7.87. The second-order valence-electron chi connectivity index (χ2n) is 7.99. The highest BCUT2D eigenvalue weighted by atomic mass is 32.2. The van der Waals surface area contributed by atoms with Gasteiger partial charge in [-0.3, -0.25) is 4.90 Å². The summed E-state index contributed by atoms with van der Waals surface area (Å²) < 4.78 is 62.3. The fourth-order valence-corrected chi connectivity index (χ4v) is 5.06. The van der Waals surface area contributed by atoms with Crippen molar-refractivity contribution in [2.45, 2.75) is 18.9 Å². The zero-order valence-electron chi connectivity index (χ0n) is 17.5. The smallest absolute Gasteiger partial charge is 0.414 e. The van der Waals surface area contributed by atoms with Crippen molar-refractivity contribution in [3.05, 3.63) is 23.8 Å². The molecule has 9 nitrogen and oxygen atoms in total. The maximum atomic E-state index is 14.9. The van der Waals surface area contributed by atoms with E-state index in [1.165, 1.54) is 21.2 Å². The van der Waals surface area contributed by atoms with Gasteiger partial charge in [0.05, 0.1) is 23.8 Å². The van der Waals surface area contributed by atoms with Crippen LogP contribution >= 0.6 is 12.2 Å². The number of carbonyl (C=O) groups excluding carboxylic acids is 1. The first kappa shape index (κ1) is 23.1. The number of amides is 1. The highest BCUT2D eigenvalue weighted by Gasteiger charge is 2.35. The summed E-state index contributed by atoms with van der Waals surface area (Å²) in [6.07, 6.45) is 0.972. The molecule has 13 heteroatoms. The van der Waals surface area contributed by atoms with Gasteiger partial charge in [0.1, 0.15) is 11.8 Å². The Morgan fingerprint density at radius 2 is 1.81 bits per heavy atom. The molecule has 0 unspecified atom stereocenters. The van der Waals surface area contributed by atoms with Gasteiger partial charge in [0.15, 0.2) is 11.6 Å². The summed E-state index contributed by atoms with van der Waals surface area (Å²) in [5, 5.41) is 3.09. The Kier molecular flexibility index (Phi) is 6.52. The summed E-state index contributed by atoms with van der Waals surface area (Å²) in [4.78, 5) is 15.7. The minimum absolute atomic E-state index is 0.0671. The first-order chi connectivity index (χ1) is 15.2. The Morgan fingerprint density at radius 3 is 2.38 bits per heavy atom. The fourth-order valence-electron chi connectivity index (χ4n) is 3.83. The van der Waals surface area contributed by atoms with Crippen LogP contribution in [0.15, 0.2) is 12.1 Å². The Labute approximate surface area is 190 Å². The molecule has 1 aromatic carbocycles. The summed E-state index contributed by atoms with van der Waals surface area (Å²) in [5.74, 6) is -1.25. The molecular formula is C19H25F2N5O4S2. The van der Waals surface area contributed by atoms with Gasteiger partial charge in [-0.2, -0.15) is 12.7 Å². The molecule has 0 aromatic heterocycles. The van der Waals surface area contributed by atoms with Gasteiger partial charge < -0.3 is 15.0 Å². The number of anilines is 2. The zero-order valence-corrected chi connectivity index (χ0v) is 19.1. The second kappa shape index (κ2) is 9.04. The first-order valence-electron chi connectivity index (χ1n) is 10.4. The molecule has 2 heterocycles. The van der Waals surface area contributed by atoms with Crippen LogP contribution in [0.1, 0.15) is 12.8 Å². The van der Waals surface area contributed by atoms with Crippen molar-refractivity contribution >= 4 is 44.9 Å². The van der Waals surface area contributed by atoms with E-state index in [0.29, 0.717) is 12.5 Å². The van der Waals surface area contributed by atoms with Crippen LogP contribution in [0.4, 0.5) is 25.0 Å². The first-order valence-corrected chi connectivity index (χ1v) is 12.2. The van der Waals surface area contributed by atoms with Crippen molar-refractivity contribution in [2.75, 3.05) is 56.1 Å². The predicted octanol–water partition coefficient (Wildman–Crippen LogP) is 1.20. The van der Waals surface area contributed by atoms with Crippen LogP contribution in [0.25, 0.3) is 0 Å². The van der Waals surface area contributed by atoms with Gasteiger partial charge in [-0.15, -0.1) is 0 Å². The number of halogens is 2. The minimum Gasteiger partial charge on any atom is -0.442 e. The average molecular weight is 490 g/mol. The molecule has 1 aliphatic carbocycles. The Balaban J connectivity index is 1.41. The van der Waals surface area contributed by atoms with Crippen molar-refractivity contribution in [3.63, 3.8) is 0 Å². The van der Waals surface area contributed by atoms with Gasteiger partial charge in [-0.1, -0.05) is 12.2 Å². The molecule has 0 radical (unpaired) electrons. The molecule has 3 aliphatic rings. The van der Waals surface area contributed by atoms with Crippen molar-refractivity contribution < 1.29 is 26.7 Å². The molecule has 2 saturated heterocycles. The third-order valence-electron chi connectivity index (χ3n) is 5.79. The molecule has 3 fully saturated rings. The number of thiocarbonyl (C=S) groups is 1. The summed E-state index contributed by atoms with van der Waals surface area (Å²) in [6.45, 7) is 0.959. The summed E-state index contributed by atoms with van der Waals surface area (Å²) in [7, 11) is -2.28. The van der Waals surface area contributed by atoms with Crippen LogP contribution in [-0.2, 0) is 14.9 Å². The maximum Gasteiger partial charge on any atom is 0.414 e. The standard InChI is InChI=1S/C19H25F2N5O4S2/c1-22-32(28,29)25-6-4-24(5-7-25)17-15(20)8-13(9-16(17)21)26-11-14(30-19(26)27)10-23-18(31)12-2-3-12/h8-9,12,14,22H,2-7,10-11H2,1H3,(H,23,31)/t14-/m0/s1. The molecule has 4 rings (SSSR count). The van der Waals surface area contributed by atoms with Gasteiger partial charge in [0.25, 0.3) is 10.2 Å². The number of hydrogen-bond donors (Lipinski definition) is 2. The van der Waals surface area contributed by atoms with Crippen molar-refractivity contribution in [1.29, 1.82) is 0 Å². The predicted molar refractivity (Wildman–Crippen MR) is 119 cm³/mol. The molecule has 2 N–H and O–H groups in total. The van der Waals surface area contributed by atoms with Gasteiger partial charge in [-0.05, 0) is 12.8 Å². The topological polar surface area (TPSA) is 94.2 Å². The van der Waals surface area contributed by atoms with E-state index in [0.717, 1.165) is 30.0 Å². The van der Waals surface area contributed by atoms with Crippen molar-refractivity contribution in [3.8, 4) is 0 Å². The quantitative estimate of drug-likeness (QED) is 0.556. The Morgan fingerprint density at radius 1 is 1.19 bits per heavy atom. The van der Waals surface area contributed by atoms with E-state index in [4.69, 9.17) is 17.0 Å². The number of carbonyl (C=O) groups is 1. The third-order valence-corrected chi connectivity index (χ3v) is 7.83. The molecule has 32 heavy (non-hydrogen) atoms. The summed E-state index contributed by atoms with van der Waals surface area (Å²) in [6, 6.07) is 2.20. The van der Waals surface area contributed by atoms with Gasteiger partial charge in [0, 0.05) is 51.3 Å². The molecule has 1 saturated carbocycles. The summed E-state index contributed by atoms with van der Waals surface area (Å²) in [5.41, 5.74) is -0.173. The number of benzene rings is 1. The van der Waals surface area contributed by atoms with Crippen LogP contribution in [-0.4, -0.2) is 76.2 Å². The lowest BCUT2D eigenvalue weighted by Gasteiger charge is -2.35. The Hall–Kier alpha value is -2.09. The lowest BCUT2D eigenvalue weighted by Crippen LogP contribution is -2.51. The molecule has 1 aromatic rings. The number of nitrogens with zero attached hydrogens (tertiary/aromatic N) is 3. The zero-order chi connectivity index (χ0) is 23.0. The van der Waals surface area contributed by atoms with E-state index >= 15 is 0 Å². The second-order valence-corrected chi connectivity index (χ2v) is 10.3. The highest BCUT2D eigenvalue weighted by Crippen LogP contribution is 2.32. The number of hydrogen-bond acceptors (Lipinski definition) is 6. The van der Waals surface area contributed by atoms with Crippen LogP contribution < -0.4 is 19.8 Å². The number of piperazine rings is 1. The molecule has 0 bridgehead atoms. The van der Waals surface area contributed by atoms with Crippen LogP contribution in [0, 0.1) is 17.6 Å². The molecule has 1 atom stereocenters. The number of cyclic esters (lactones) is 1. The van der Waals surface area contributed by atoms with Crippen LogP contribution in [0.3, 0.4) is 0 Å². The lowest BCUT2D eigenvalue weighted by atomic mass is 10.2. The lowest BCUT2D eigenvalue weighted by molar-refractivity contribution is 0.143. The van der Waals surface area contributed by atoms with Crippen molar-refractivity contribution in [2.24, 2.45) is 5.92 Å². The monoisotopic (exact) mass is 489 g/mol. The normalized spacial score (nSPS) is 22.2. The number of ether oxygens (including phenoxy) is 1. The third kappa shape index (κ3) is 4.80. The molecular weight excluding hydrogens is 464 g/mol. The van der Waals surface area contributed by atoms with E-state index in [2.05, 4.69) is 10.0 Å². The van der Waals surface area contributed by atoms with Crippen molar-refractivity contribution in [1.82, 2.24) is 14.3 Å². The van der Waals surface area contributed by atoms with Gasteiger partial charge >= 0.3 is 6.09 Å². The Bertz CT molecular complexity index is 990. The maximum absolute atomic E-state index is 14.9. The number of nitrogens with one attached hydrogen (secondary N) is 2. The van der Waals surface area contributed by atoms with E-state index in [1.54, 1.807) is 0 Å². The average Bonchev–Trinajstić information content (AvgIpc) is 3.54. The van der Waals surface area contributed by atoms with E-state index in [1.807, 2.05) is 0 Å². The van der Waals surface area contributed by atoms with Crippen LogP contribution in [0.2, 0.25) is 0 Å². The number of rotatable bonds is 7. The van der Waals surface area contributed by atoms with E-state index < -0.39 is 34.0 Å². The van der Waals surface area contributed by atoms with Gasteiger partial charge in [-0.25, -0.2) is 18.3 Å². The van der Waals surface area contributed by atoms with Gasteiger partial charge in [0.2, 0.25) is 0 Å². The summed E-state index contributed by atoms with van der Waals surface area (Å²) >= 11 is 5.26. The minimum atomic E-state index is -3.59. The fraction of sp³-hybridized carbons (Fsp3) is 0.579. The SMILES string of the molecule is CNS(=O)(=O)N1CCN(c2c(F)cc(N3C[C@H](CNC(=S)C4CC4)OC3=O)cc2F)CC1. The molecule has 0 spiro atoms. The molecule has 2 aliphatic heterocycles. The van der Waals surface area contributed by atoms with Crippen LogP contribution in [0.5, 0.6) is 0 Å². The molecule has 176 valence electrons. The molecule has 1 amide bonds.